The second-order valence-electron chi connectivity index (χ2n) is 5.54. The zero-order valence-electron chi connectivity index (χ0n) is 11.5. The highest BCUT2D eigenvalue weighted by molar-refractivity contribution is 5.90. The van der Waals surface area contributed by atoms with Crippen molar-refractivity contribution in [2.24, 2.45) is 5.92 Å². The van der Waals surface area contributed by atoms with Crippen molar-refractivity contribution in [1.29, 1.82) is 0 Å². The molecule has 1 aromatic carbocycles. The average Bonchev–Trinajstić information content (AvgIpc) is 2.89. The molecule has 1 heterocycles. The van der Waals surface area contributed by atoms with Crippen LogP contribution in [0.2, 0.25) is 0 Å². The number of nitrogens with zero attached hydrogens (tertiary/aromatic N) is 1. The summed E-state index contributed by atoms with van der Waals surface area (Å²) in [5.74, 6) is 0.711. The monoisotopic (exact) mass is 269 g/mol. The van der Waals surface area contributed by atoms with Crippen LogP contribution in [0.5, 0.6) is 0 Å². The summed E-state index contributed by atoms with van der Waals surface area (Å²) in [5.41, 5.74) is 1.89. The number of carboxylic acid groups (broad SMARTS) is 1. The van der Waals surface area contributed by atoms with Gasteiger partial charge in [-0.3, -0.25) is 4.57 Å². The summed E-state index contributed by atoms with van der Waals surface area (Å²) in [6, 6.07) is 7.76. The molecule has 0 spiro atoms. The molecular weight excluding hydrogens is 250 g/mol. The Morgan fingerprint density at radius 1 is 1.20 bits per heavy atom. The molecule has 1 fully saturated rings. The predicted octanol–water partition coefficient (Wildman–Crippen LogP) is 4.76. The normalized spacial score (nSPS) is 17.0. The fourth-order valence-electron chi connectivity index (χ4n) is 3.01. The molecule has 0 saturated heterocycles. The van der Waals surface area contributed by atoms with Crippen LogP contribution in [-0.4, -0.2) is 15.8 Å². The lowest BCUT2D eigenvalue weighted by molar-refractivity contribution is 0.197. The van der Waals surface area contributed by atoms with E-state index in [4.69, 9.17) is 5.11 Å². The highest BCUT2D eigenvalue weighted by Crippen LogP contribution is 2.26. The van der Waals surface area contributed by atoms with Crippen LogP contribution in [-0.2, 0) is 0 Å². The summed E-state index contributed by atoms with van der Waals surface area (Å²) in [6.45, 7) is 0. The number of hydrogen-bond donors (Lipinski definition) is 1. The van der Waals surface area contributed by atoms with Crippen molar-refractivity contribution in [3.05, 3.63) is 42.1 Å². The Kier molecular flexibility index (Phi) is 3.59. The first-order valence-corrected chi connectivity index (χ1v) is 7.27. The molecule has 1 N–H and O–H groups in total. The van der Waals surface area contributed by atoms with Gasteiger partial charge in [-0.05, 0) is 42.5 Å². The lowest BCUT2D eigenvalue weighted by Gasteiger charge is -2.17. The lowest BCUT2D eigenvalue weighted by atomic mass is 9.89. The van der Waals surface area contributed by atoms with E-state index in [2.05, 4.69) is 12.2 Å². The van der Waals surface area contributed by atoms with Crippen molar-refractivity contribution in [3.63, 3.8) is 0 Å². The first-order chi connectivity index (χ1) is 9.74. The van der Waals surface area contributed by atoms with E-state index in [1.165, 1.54) is 36.7 Å². The average molecular weight is 269 g/mol. The standard InChI is InChI=1S/C17H19NO2/c19-17(20)18-11-10-15-12-14(8-9-16(15)18)7-6-13-4-2-1-3-5-13/h6-13H,1-5H2,(H,19,20). The maximum atomic E-state index is 11.0. The maximum Gasteiger partial charge on any atom is 0.415 e. The Labute approximate surface area is 118 Å². The van der Waals surface area contributed by atoms with Gasteiger partial charge in [0.25, 0.3) is 0 Å². The number of rotatable bonds is 2. The lowest BCUT2D eigenvalue weighted by Crippen LogP contribution is -2.05. The Morgan fingerprint density at radius 2 is 2.00 bits per heavy atom. The fraction of sp³-hybridized carbons (Fsp3) is 0.353. The summed E-state index contributed by atoms with van der Waals surface area (Å²) in [7, 11) is 0. The van der Waals surface area contributed by atoms with Crippen molar-refractivity contribution in [1.82, 2.24) is 4.57 Å². The Bertz CT molecular complexity index is 648. The molecule has 0 amide bonds. The number of carbonyl (C=O) groups is 1. The van der Waals surface area contributed by atoms with Crippen LogP contribution in [0.25, 0.3) is 17.0 Å². The third-order valence-electron chi connectivity index (χ3n) is 4.13. The highest BCUT2D eigenvalue weighted by Gasteiger charge is 2.10. The minimum atomic E-state index is -0.939. The molecule has 3 nitrogen and oxygen atoms in total. The summed E-state index contributed by atoms with van der Waals surface area (Å²) in [4.78, 5) is 11.0. The molecule has 0 unspecified atom stereocenters. The Morgan fingerprint density at radius 3 is 2.75 bits per heavy atom. The smallest absolute Gasteiger partial charge is 0.415 e. The van der Waals surface area contributed by atoms with Crippen LogP contribution >= 0.6 is 0 Å². The Balaban J connectivity index is 1.82. The summed E-state index contributed by atoms with van der Waals surface area (Å²) in [5, 5.41) is 10.0. The van der Waals surface area contributed by atoms with E-state index in [0.29, 0.717) is 5.92 Å². The van der Waals surface area contributed by atoms with Gasteiger partial charge in [0.1, 0.15) is 0 Å². The van der Waals surface area contributed by atoms with Gasteiger partial charge in [0, 0.05) is 11.6 Å². The summed E-state index contributed by atoms with van der Waals surface area (Å²) < 4.78 is 1.25. The molecule has 3 rings (SSSR count). The first-order valence-electron chi connectivity index (χ1n) is 7.27. The topological polar surface area (TPSA) is 42.2 Å². The molecule has 1 aromatic heterocycles. The molecule has 0 atom stereocenters. The quantitative estimate of drug-likeness (QED) is 0.854. The van der Waals surface area contributed by atoms with Crippen molar-refractivity contribution in [2.45, 2.75) is 32.1 Å². The maximum absolute atomic E-state index is 11.0. The summed E-state index contributed by atoms with van der Waals surface area (Å²) in [6.07, 6.45) is 11.8. The predicted molar refractivity (Wildman–Crippen MR) is 81.0 cm³/mol. The van der Waals surface area contributed by atoms with Gasteiger partial charge in [0.15, 0.2) is 0 Å². The first kappa shape index (κ1) is 13.0. The number of fused-ring (bicyclic) bond motifs is 1. The van der Waals surface area contributed by atoms with Gasteiger partial charge < -0.3 is 5.11 Å². The van der Waals surface area contributed by atoms with Crippen LogP contribution in [0.3, 0.4) is 0 Å². The molecular formula is C17H19NO2. The van der Waals surface area contributed by atoms with Crippen molar-refractivity contribution in [2.75, 3.05) is 0 Å². The minimum absolute atomic E-state index is 0.711. The molecule has 2 aromatic rings. The van der Waals surface area contributed by atoms with Crippen molar-refractivity contribution in [3.8, 4) is 0 Å². The second-order valence-corrected chi connectivity index (χ2v) is 5.54. The number of benzene rings is 1. The fourth-order valence-corrected chi connectivity index (χ4v) is 3.01. The van der Waals surface area contributed by atoms with Gasteiger partial charge in [-0.15, -0.1) is 0 Å². The van der Waals surface area contributed by atoms with E-state index in [1.54, 1.807) is 6.20 Å². The molecule has 20 heavy (non-hydrogen) atoms. The van der Waals surface area contributed by atoms with E-state index in [9.17, 15) is 4.79 Å². The van der Waals surface area contributed by atoms with Crippen molar-refractivity contribution < 1.29 is 9.90 Å². The molecule has 1 aliphatic rings. The molecule has 3 heteroatoms. The molecule has 1 aliphatic carbocycles. The van der Waals surface area contributed by atoms with Crippen LogP contribution in [0, 0.1) is 5.92 Å². The number of hydrogen-bond acceptors (Lipinski definition) is 1. The molecule has 104 valence electrons. The molecule has 0 aliphatic heterocycles. The number of allylic oxidation sites excluding steroid dienone is 1. The van der Waals surface area contributed by atoms with E-state index in [-0.39, 0.29) is 0 Å². The SMILES string of the molecule is O=C(O)n1ccc2cc(C=CC3CCCCC3)ccc21. The molecule has 0 bridgehead atoms. The largest absolute Gasteiger partial charge is 0.464 e. The zero-order valence-corrected chi connectivity index (χ0v) is 11.5. The third kappa shape index (κ3) is 2.62. The minimum Gasteiger partial charge on any atom is -0.464 e. The molecule has 1 saturated carbocycles. The van der Waals surface area contributed by atoms with E-state index < -0.39 is 6.09 Å². The van der Waals surface area contributed by atoms with Crippen LogP contribution < -0.4 is 0 Å². The van der Waals surface area contributed by atoms with E-state index in [0.717, 1.165) is 16.5 Å². The van der Waals surface area contributed by atoms with Crippen molar-refractivity contribution >= 4 is 23.1 Å². The van der Waals surface area contributed by atoms with E-state index in [1.807, 2.05) is 24.3 Å². The zero-order chi connectivity index (χ0) is 13.9. The molecule has 0 radical (unpaired) electrons. The van der Waals surface area contributed by atoms with Crippen LogP contribution in [0.15, 0.2) is 36.5 Å². The summed E-state index contributed by atoms with van der Waals surface area (Å²) >= 11 is 0. The van der Waals surface area contributed by atoms with E-state index >= 15 is 0 Å². The van der Waals surface area contributed by atoms with Crippen LogP contribution in [0.4, 0.5) is 4.79 Å². The second kappa shape index (κ2) is 5.53. The van der Waals surface area contributed by atoms with Gasteiger partial charge in [-0.2, -0.15) is 0 Å². The highest BCUT2D eigenvalue weighted by atomic mass is 16.4. The van der Waals surface area contributed by atoms with Gasteiger partial charge in [-0.25, -0.2) is 4.79 Å². The van der Waals surface area contributed by atoms with Gasteiger partial charge in [-0.1, -0.05) is 37.5 Å². The van der Waals surface area contributed by atoms with Gasteiger partial charge in [0.05, 0.1) is 5.52 Å². The van der Waals surface area contributed by atoms with Gasteiger partial charge in [0.2, 0.25) is 0 Å². The number of aromatic nitrogens is 1. The van der Waals surface area contributed by atoms with Gasteiger partial charge >= 0.3 is 6.09 Å². The third-order valence-corrected chi connectivity index (χ3v) is 4.13. The Hall–Kier alpha value is -2.03. The van der Waals surface area contributed by atoms with Crippen LogP contribution in [0.1, 0.15) is 37.7 Å².